The molecule has 4 rings (SSSR count). The molecule has 0 spiro atoms. The van der Waals surface area contributed by atoms with Crippen molar-refractivity contribution < 1.29 is 20.4 Å². The van der Waals surface area contributed by atoms with E-state index in [0.717, 1.165) is 0 Å². The van der Waals surface area contributed by atoms with Gasteiger partial charge in [-0.1, -0.05) is 0 Å². The van der Waals surface area contributed by atoms with Crippen LogP contribution < -0.4 is 0 Å². The summed E-state index contributed by atoms with van der Waals surface area (Å²) in [5.41, 5.74) is 11.9. The minimum Gasteiger partial charge on any atom is -0.147 e. The summed E-state index contributed by atoms with van der Waals surface area (Å²) in [5.74, 6) is 0.660. The zero-order chi connectivity index (χ0) is 20.9. The van der Waals surface area contributed by atoms with E-state index in [1.165, 1.54) is 22.3 Å². The van der Waals surface area contributed by atoms with Crippen molar-refractivity contribution in [3.05, 3.63) is 96.9 Å². The summed E-state index contributed by atoms with van der Waals surface area (Å²) in [4.78, 5) is 0. The normalized spacial score (nSPS) is 19.5. The first-order valence-electron chi connectivity index (χ1n) is 10.8. The van der Waals surface area contributed by atoms with E-state index in [1.807, 2.05) is 3.28 Å². The van der Waals surface area contributed by atoms with Crippen molar-refractivity contribution in [3.8, 4) is 0 Å². The van der Waals surface area contributed by atoms with E-state index < -0.39 is 20.4 Å². The van der Waals surface area contributed by atoms with Gasteiger partial charge in [-0.05, 0) is 0 Å². The van der Waals surface area contributed by atoms with Crippen LogP contribution in [0.25, 0.3) is 5.57 Å². The third-order valence-electron chi connectivity index (χ3n) is 7.13. The van der Waals surface area contributed by atoms with Gasteiger partial charge in [0, 0.05) is 0 Å². The topological polar surface area (TPSA) is 0 Å². The quantitative estimate of drug-likeness (QED) is 0.338. The molecule has 0 aliphatic heterocycles. The summed E-state index contributed by atoms with van der Waals surface area (Å²) in [5, 5.41) is 0. The standard InChI is InChI=1S/C16H13.C9H13.C2H6Si.2ClH.Zr/c1-12-6-2-4-8-14(12)16-11-10-13-7-3-5-9-15(13)16;1-6-5-7(2)9(4)8(6)3;1-3-2;;;/h2-11H,1H3;6H,1-4H3;1-2H3;2*1H;. The molecule has 0 bridgehead atoms. The van der Waals surface area contributed by atoms with Crippen molar-refractivity contribution in [2.45, 2.75) is 51.3 Å². The van der Waals surface area contributed by atoms with Crippen LogP contribution in [0, 0.1) is 12.8 Å². The van der Waals surface area contributed by atoms with Crippen molar-refractivity contribution in [3.63, 3.8) is 0 Å². The van der Waals surface area contributed by atoms with Gasteiger partial charge in [-0.3, -0.25) is 0 Å². The van der Waals surface area contributed by atoms with Gasteiger partial charge in [-0.25, -0.2) is 0 Å². The van der Waals surface area contributed by atoms with Crippen LogP contribution in [0.5, 0.6) is 0 Å². The zero-order valence-corrected chi connectivity index (χ0v) is 24.8. The Labute approximate surface area is 209 Å². The molecule has 0 saturated carbocycles. The number of benzene rings is 2. The van der Waals surface area contributed by atoms with Crippen LogP contribution in [-0.2, 0) is 20.4 Å². The number of allylic oxidation sites excluding steroid dienone is 5. The number of hydrogen-bond donors (Lipinski definition) is 0. The van der Waals surface area contributed by atoms with Gasteiger partial charge >= 0.3 is 185 Å². The molecule has 2 aromatic rings. The third-order valence-corrected chi connectivity index (χ3v) is 25.7. The van der Waals surface area contributed by atoms with Crippen molar-refractivity contribution >= 4 is 35.8 Å². The van der Waals surface area contributed by atoms with Gasteiger partial charge < -0.3 is 0 Å². The Bertz CT molecular complexity index is 1130. The van der Waals surface area contributed by atoms with Crippen molar-refractivity contribution in [1.82, 2.24) is 0 Å². The van der Waals surface area contributed by atoms with E-state index in [0.29, 0.717) is 9.54 Å². The van der Waals surface area contributed by atoms with Gasteiger partial charge in [0.25, 0.3) is 0 Å². The molecule has 4 heteroatoms. The summed E-state index contributed by atoms with van der Waals surface area (Å²) < 4.78 is 2.58. The van der Waals surface area contributed by atoms with Crippen molar-refractivity contribution in [1.29, 1.82) is 0 Å². The molecule has 2 unspecified atom stereocenters. The summed E-state index contributed by atoms with van der Waals surface area (Å²) in [7, 11) is 0. The Morgan fingerprint density at radius 2 is 1.35 bits per heavy atom. The monoisotopic (exact) mass is 546 g/mol. The number of hydrogen-bond acceptors (Lipinski definition) is 0. The Balaban J connectivity index is 0.00000171. The summed E-state index contributed by atoms with van der Waals surface area (Å²) in [6.45, 7) is 17.0. The minimum atomic E-state index is -1.90. The van der Waals surface area contributed by atoms with E-state index in [2.05, 4.69) is 102 Å². The molecule has 31 heavy (non-hydrogen) atoms. The maximum Gasteiger partial charge on any atom is -0.147 e. The fraction of sp³-hybridized carbons (Fsp3) is 0.333. The number of aryl methyl sites for hydroxylation is 1. The molecule has 2 atom stereocenters. The van der Waals surface area contributed by atoms with E-state index in [4.69, 9.17) is 0 Å². The first kappa shape index (κ1) is 26.6. The summed E-state index contributed by atoms with van der Waals surface area (Å²) in [6.07, 6.45) is 2.69. The van der Waals surface area contributed by atoms with Gasteiger partial charge in [-0.15, -0.1) is 24.8 Å². The second kappa shape index (κ2) is 10.5. The Kier molecular flexibility index (Phi) is 9.02. The van der Waals surface area contributed by atoms with Crippen LogP contribution in [0.4, 0.5) is 0 Å². The predicted molar refractivity (Wildman–Crippen MR) is 140 cm³/mol. The van der Waals surface area contributed by atoms with E-state index >= 15 is 0 Å². The largest absolute Gasteiger partial charge is 0.147 e. The fourth-order valence-electron chi connectivity index (χ4n) is 5.26. The van der Waals surface area contributed by atoms with Gasteiger partial charge in [0.05, 0.1) is 0 Å². The average Bonchev–Trinajstić information content (AvgIpc) is 3.16. The molecule has 0 heterocycles. The third kappa shape index (κ3) is 4.56. The Hall–Kier alpha value is -0.660. The van der Waals surface area contributed by atoms with Crippen LogP contribution in [0.3, 0.4) is 0 Å². The molecule has 0 N–H and O–H groups in total. The number of halogens is 2. The Morgan fingerprint density at radius 3 is 1.90 bits per heavy atom. The Morgan fingerprint density at radius 1 is 0.774 bits per heavy atom. The van der Waals surface area contributed by atoms with E-state index in [1.54, 1.807) is 22.3 Å². The van der Waals surface area contributed by atoms with Crippen molar-refractivity contribution in [2.75, 3.05) is 0 Å². The minimum absolute atomic E-state index is 0. The molecule has 0 nitrogen and oxygen atoms in total. The molecule has 2 aromatic carbocycles. The molecule has 0 amide bonds. The SMILES string of the molecule is CC1=C(C)C(C)[C]([Zr]([CH]2C=C(c3ccccc3C)c3ccccc32)=[Si](C)C)=C1C.Cl.Cl. The van der Waals surface area contributed by atoms with Gasteiger partial charge in [-0.2, -0.15) is 0 Å². The first-order valence-corrected chi connectivity index (χ1v) is 19.6. The summed E-state index contributed by atoms with van der Waals surface area (Å²) in [6, 6.07) is 18.2. The van der Waals surface area contributed by atoms with Crippen LogP contribution in [0.15, 0.2) is 74.6 Å². The molecule has 0 radical (unpaired) electrons. The molecule has 0 saturated heterocycles. The van der Waals surface area contributed by atoms with Crippen molar-refractivity contribution in [2.24, 2.45) is 5.92 Å². The maximum absolute atomic E-state index is 2.69. The number of fused-ring (bicyclic) bond motifs is 1. The average molecular weight is 549 g/mol. The van der Waals surface area contributed by atoms with Crippen LogP contribution in [0.1, 0.15) is 53.6 Å². The molecule has 2 aliphatic rings. The molecular formula is C27H34Cl2SiZr. The van der Waals surface area contributed by atoms with Gasteiger partial charge in [0.2, 0.25) is 0 Å². The van der Waals surface area contributed by atoms with Gasteiger partial charge in [0.15, 0.2) is 0 Å². The van der Waals surface area contributed by atoms with Crippen LogP contribution in [-0.4, -0.2) is 5.43 Å². The molecule has 2 aliphatic carbocycles. The van der Waals surface area contributed by atoms with Crippen LogP contribution in [0.2, 0.25) is 13.1 Å². The fourth-order valence-corrected chi connectivity index (χ4v) is 24.9. The van der Waals surface area contributed by atoms with Crippen LogP contribution >= 0.6 is 24.8 Å². The molecule has 0 aromatic heterocycles. The molecule has 164 valence electrons. The second-order valence-corrected chi connectivity index (χ2v) is 26.4. The van der Waals surface area contributed by atoms with E-state index in [9.17, 15) is 0 Å². The molecular weight excluding hydrogens is 515 g/mol. The van der Waals surface area contributed by atoms with Gasteiger partial charge in [0.1, 0.15) is 0 Å². The predicted octanol–water partition coefficient (Wildman–Crippen LogP) is 8.45. The summed E-state index contributed by atoms with van der Waals surface area (Å²) >= 11 is -1.90. The second-order valence-electron chi connectivity index (χ2n) is 8.94. The zero-order valence-electron chi connectivity index (χ0n) is 19.7. The van der Waals surface area contributed by atoms with E-state index in [-0.39, 0.29) is 30.2 Å². The first-order chi connectivity index (χ1) is 13.8. The number of rotatable bonds is 3. The molecule has 0 fully saturated rings. The smallest absolute Gasteiger partial charge is 0.147 e. The maximum atomic E-state index is 2.69.